The van der Waals surface area contributed by atoms with Crippen molar-refractivity contribution in [2.24, 2.45) is 5.73 Å². The first-order valence-corrected chi connectivity index (χ1v) is 9.94. The van der Waals surface area contributed by atoms with Crippen LogP contribution >= 0.6 is 12.4 Å². The zero-order valence-electron chi connectivity index (χ0n) is 17.1. The van der Waals surface area contributed by atoms with Crippen LogP contribution in [0.5, 0.6) is 11.5 Å². The van der Waals surface area contributed by atoms with Crippen molar-refractivity contribution in [3.05, 3.63) is 89.7 Å². The zero-order chi connectivity index (χ0) is 20.1. The quantitative estimate of drug-likeness (QED) is 0.619. The number of halogens is 1. The van der Waals surface area contributed by atoms with E-state index in [4.69, 9.17) is 15.2 Å². The SMILES string of the molecule is COc1cc(CN2C[C@@H](N)[C@H](c3ccccc3)C2)ccc1OCc1ccncc1.Cl. The van der Waals surface area contributed by atoms with E-state index in [1.807, 2.05) is 24.3 Å². The molecular weight excluding hydrogens is 398 g/mol. The lowest BCUT2D eigenvalue weighted by Gasteiger charge is -2.18. The highest BCUT2D eigenvalue weighted by Gasteiger charge is 2.31. The summed E-state index contributed by atoms with van der Waals surface area (Å²) in [7, 11) is 1.68. The summed E-state index contributed by atoms with van der Waals surface area (Å²) in [5.74, 6) is 1.87. The summed E-state index contributed by atoms with van der Waals surface area (Å²) in [4.78, 5) is 6.44. The molecule has 1 aliphatic heterocycles. The van der Waals surface area contributed by atoms with Crippen molar-refractivity contribution in [1.82, 2.24) is 9.88 Å². The molecule has 4 rings (SSSR count). The number of methoxy groups -OCH3 is 1. The third-order valence-electron chi connectivity index (χ3n) is 5.45. The van der Waals surface area contributed by atoms with Gasteiger partial charge in [0.15, 0.2) is 11.5 Å². The molecule has 0 bridgehead atoms. The Morgan fingerprint density at radius 3 is 2.47 bits per heavy atom. The summed E-state index contributed by atoms with van der Waals surface area (Å²) in [5.41, 5.74) is 10.0. The van der Waals surface area contributed by atoms with E-state index in [-0.39, 0.29) is 18.4 Å². The fourth-order valence-electron chi connectivity index (χ4n) is 3.92. The number of benzene rings is 2. The summed E-state index contributed by atoms with van der Waals surface area (Å²) in [6, 6.07) is 20.8. The van der Waals surface area contributed by atoms with Crippen molar-refractivity contribution in [1.29, 1.82) is 0 Å². The Labute approximate surface area is 184 Å². The van der Waals surface area contributed by atoms with E-state index in [0.717, 1.165) is 36.7 Å². The van der Waals surface area contributed by atoms with Gasteiger partial charge in [-0.15, -0.1) is 12.4 Å². The van der Waals surface area contributed by atoms with Crippen molar-refractivity contribution < 1.29 is 9.47 Å². The molecule has 1 fully saturated rings. The van der Waals surface area contributed by atoms with E-state index in [1.54, 1.807) is 19.5 Å². The summed E-state index contributed by atoms with van der Waals surface area (Å²) < 4.78 is 11.5. The van der Waals surface area contributed by atoms with Gasteiger partial charge >= 0.3 is 0 Å². The van der Waals surface area contributed by atoms with E-state index in [9.17, 15) is 0 Å². The van der Waals surface area contributed by atoms with Gasteiger partial charge in [0.2, 0.25) is 0 Å². The molecule has 0 amide bonds. The van der Waals surface area contributed by atoms with Crippen LogP contribution < -0.4 is 15.2 Å². The maximum Gasteiger partial charge on any atom is 0.161 e. The molecule has 2 atom stereocenters. The molecule has 0 radical (unpaired) electrons. The average molecular weight is 426 g/mol. The van der Waals surface area contributed by atoms with Crippen LogP contribution in [0.3, 0.4) is 0 Å². The topological polar surface area (TPSA) is 60.6 Å². The lowest BCUT2D eigenvalue weighted by molar-refractivity contribution is 0.283. The Bertz CT molecular complexity index is 924. The van der Waals surface area contributed by atoms with Crippen LogP contribution in [-0.4, -0.2) is 36.1 Å². The number of likely N-dealkylation sites (tertiary alicyclic amines) is 1. The predicted octanol–water partition coefficient (Wildman–Crippen LogP) is 4.02. The Morgan fingerprint density at radius 1 is 0.967 bits per heavy atom. The number of hydrogen-bond acceptors (Lipinski definition) is 5. The molecule has 2 heterocycles. The summed E-state index contributed by atoms with van der Waals surface area (Å²) in [5, 5.41) is 0. The number of rotatable bonds is 7. The van der Waals surface area contributed by atoms with Crippen LogP contribution in [0.2, 0.25) is 0 Å². The molecular formula is C24H28ClN3O2. The number of aromatic nitrogens is 1. The number of ether oxygens (including phenoxy) is 2. The standard InChI is InChI=1S/C24H27N3O2.ClH/c1-28-24-13-19(7-8-23(24)29-17-18-9-11-26-12-10-18)14-27-15-21(22(25)16-27)20-5-3-2-4-6-20;/h2-13,21-22H,14-17,25H2,1H3;1H/t21-,22+;/m0./s1. The Hall–Kier alpha value is -2.60. The summed E-state index contributed by atoms with van der Waals surface area (Å²) >= 11 is 0. The zero-order valence-corrected chi connectivity index (χ0v) is 17.9. The first-order chi connectivity index (χ1) is 14.2. The van der Waals surface area contributed by atoms with E-state index >= 15 is 0 Å². The second kappa shape index (κ2) is 10.4. The molecule has 0 spiro atoms. The van der Waals surface area contributed by atoms with Crippen molar-refractivity contribution in [3.8, 4) is 11.5 Å². The molecule has 2 N–H and O–H groups in total. The molecule has 5 nitrogen and oxygen atoms in total. The monoisotopic (exact) mass is 425 g/mol. The van der Waals surface area contributed by atoms with E-state index in [2.05, 4.69) is 46.3 Å². The van der Waals surface area contributed by atoms with Crippen LogP contribution in [0.1, 0.15) is 22.6 Å². The minimum atomic E-state index is 0. The molecule has 1 aromatic heterocycles. The molecule has 6 heteroatoms. The van der Waals surface area contributed by atoms with E-state index < -0.39 is 0 Å². The smallest absolute Gasteiger partial charge is 0.161 e. The Morgan fingerprint density at radius 2 is 1.73 bits per heavy atom. The van der Waals surface area contributed by atoms with Gasteiger partial charge in [0, 0.05) is 44.0 Å². The molecule has 1 saturated heterocycles. The van der Waals surface area contributed by atoms with Crippen LogP contribution in [0.4, 0.5) is 0 Å². The van der Waals surface area contributed by atoms with Crippen molar-refractivity contribution in [2.75, 3.05) is 20.2 Å². The number of nitrogens with two attached hydrogens (primary N) is 1. The van der Waals surface area contributed by atoms with Crippen LogP contribution in [0.15, 0.2) is 73.1 Å². The Kier molecular flexibility index (Phi) is 7.69. The van der Waals surface area contributed by atoms with Gasteiger partial charge < -0.3 is 15.2 Å². The molecule has 0 aliphatic carbocycles. The highest BCUT2D eigenvalue weighted by atomic mass is 35.5. The van der Waals surface area contributed by atoms with Crippen molar-refractivity contribution in [3.63, 3.8) is 0 Å². The fraction of sp³-hybridized carbons (Fsp3) is 0.292. The molecule has 158 valence electrons. The van der Waals surface area contributed by atoms with Crippen molar-refractivity contribution in [2.45, 2.75) is 25.1 Å². The second-order valence-corrected chi connectivity index (χ2v) is 7.50. The third kappa shape index (κ3) is 5.30. The average Bonchev–Trinajstić information content (AvgIpc) is 3.14. The van der Waals surface area contributed by atoms with Gasteiger partial charge in [-0.3, -0.25) is 9.88 Å². The highest BCUT2D eigenvalue weighted by molar-refractivity contribution is 5.85. The molecule has 30 heavy (non-hydrogen) atoms. The van der Waals surface area contributed by atoms with Gasteiger partial charge in [0.05, 0.1) is 7.11 Å². The minimum Gasteiger partial charge on any atom is -0.493 e. The predicted molar refractivity (Wildman–Crippen MR) is 121 cm³/mol. The maximum absolute atomic E-state index is 6.44. The maximum atomic E-state index is 6.44. The lowest BCUT2D eigenvalue weighted by atomic mass is 9.95. The number of pyridine rings is 1. The summed E-state index contributed by atoms with van der Waals surface area (Å²) in [6.45, 7) is 3.19. The molecule has 2 aromatic carbocycles. The molecule has 1 aliphatic rings. The van der Waals surface area contributed by atoms with Crippen molar-refractivity contribution >= 4 is 12.4 Å². The number of nitrogens with zero attached hydrogens (tertiary/aromatic N) is 2. The van der Waals surface area contributed by atoms with Crippen LogP contribution in [0.25, 0.3) is 0 Å². The van der Waals surface area contributed by atoms with E-state index in [0.29, 0.717) is 12.5 Å². The lowest BCUT2D eigenvalue weighted by Crippen LogP contribution is -2.28. The Balaban J connectivity index is 0.00000256. The molecule has 3 aromatic rings. The largest absolute Gasteiger partial charge is 0.493 e. The summed E-state index contributed by atoms with van der Waals surface area (Å²) in [6.07, 6.45) is 3.53. The second-order valence-electron chi connectivity index (χ2n) is 7.50. The van der Waals surface area contributed by atoms with Gasteiger partial charge in [-0.2, -0.15) is 0 Å². The van der Waals surface area contributed by atoms with Gasteiger partial charge in [0.25, 0.3) is 0 Å². The van der Waals surface area contributed by atoms with E-state index in [1.165, 1.54) is 11.1 Å². The fourth-order valence-corrected chi connectivity index (χ4v) is 3.92. The first kappa shape index (κ1) is 22.1. The van der Waals surface area contributed by atoms with Crippen LogP contribution in [-0.2, 0) is 13.2 Å². The van der Waals surface area contributed by atoms with Gasteiger partial charge in [0.1, 0.15) is 6.61 Å². The minimum absolute atomic E-state index is 0. The van der Waals surface area contributed by atoms with Crippen LogP contribution in [0, 0.1) is 0 Å². The first-order valence-electron chi connectivity index (χ1n) is 9.94. The number of hydrogen-bond donors (Lipinski definition) is 1. The third-order valence-corrected chi connectivity index (χ3v) is 5.45. The molecule has 0 unspecified atom stereocenters. The molecule has 0 saturated carbocycles. The van der Waals surface area contributed by atoms with Gasteiger partial charge in [-0.25, -0.2) is 0 Å². The van der Waals surface area contributed by atoms with Gasteiger partial charge in [-0.1, -0.05) is 36.4 Å². The normalized spacial score (nSPS) is 18.6. The van der Waals surface area contributed by atoms with Gasteiger partial charge in [-0.05, 0) is 41.0 Å². The highest BCUT2D eigenvalue weighted by Crippen LogP contribution is 2.31.